The quantitative estimate of drug-likeness (QED) is 0.807. The van der Waals surface area contributed by atoms with Gasteiger partial charge < -0.3 is 10.2 Å². The number of halogens is 3. The number of carbonyl (C=O) groups excluding carboxylic acids is 1. The number of amides is 1. The van der Waals surface area contributed by atoms with Crippen molar-refractivity contribution in [1.29, 1.82) is 0 Å². The third kappa shape index (κ3) is 4.93. The number of benzene rings is 1. The molecule has 0 bridgehead atoms. The van der Waals surface area contributed by atoms with Crippen molar-refractivity contribution in [3.05, 3.63) is 49.8 Å². The smallest absolute Gasteiger partial charge is 0.287 e. The van der Waals surface area contributed by atoms with Crippen LogP contribution < -0.4 is 15.8 Å². The minimum absolute atomic E-state index is 0.143. The van der Waals surface area contributed by atoms with E-state index < -0.39 is 0 Å². The Bertz CT molecular complexity index is 890. The highest BCUT2D eigenvalue weighted by atomic mass is 35.5. The molecule has 10 heteroatoms. The fourth-order valence-electron chi connectivity index (χ4n) is 2.90. The van der Waals surface area contributed by atoms with Crippen molar-refractivity contribution in [2.24, 2.45) is 7.05 Å². The van der Waals surface area contributed by atoms with Crippen LogP contribution in [0.1, 0.15) is 0 Å². The van der Waals surface area contributed by atoms with E-state index >= 15 is 0 Å². The first-order valence-electron chi connectivity index (χ1n) is 8.28. The predicted octanol–water partition coefficient (Wildman–Crippen LogP) is 2.50. The van der Waals surface area contributed by atoms with Gasteiger partial charge in [-0.3, -0.25) is 14.5 Å². The molecule has 1 saturated heterocycles. The highest BCUT2D eigenvalue weighted by Crippen LogP contribution is 2.23. The molecule has 2 aromatic rings. The summed E-state index contributed by atoms with van der Waals surface area (Å²) in [5.41, 5.74) is 0.864. The number of hydrogen-bond donors (Lipinski definition) is 1. The number of piperazine rings is 1. The summed E-state index contributed by atoms with van der Waals surface area (Å²) < 4.78 is 1.20. The normalized spacial score (nSPS) is 15.0. The fraction of sp³-hybridized carbons (Fsp3) is 0.353. The number of nitrogens with one attached hydrogen (secondary N) is 1. The van der Waals surface area contributed by atoms with Crippen LogP contribution in [0.3, 0.4) is 0 Å². The van der Waals surface area contributed by atoms with Gasteiger partial charge in [-0.1, -0.05) is 34.8 Å². The van der Waals surface area contributed by atoms with Gasteiger partial charge in [0, 0.05) is 49.0 Å². The summed E-state index contributed by atoms with van der Waals surface area (Å²) in [7, 11) is 1.56. The highest BCUT2D eigenvalue weighted by Gasteiger charge is 2.22. The first-order chi connectivity index (χ1) is 12.8. The van der Waals surface area contributed by atoms with Crippen molar-refractivity contribution in [2.75, 3.05) is 42.9 Å². The molecule has 0 radical (unpaired) electrons. The molecule has 144 valence electrons. The highest BCUT2D eigenvalue weighted by molar-refractivity contribution is 6.35. The van der Waals surface area contributed by atoms with Gasteiger partial charge in [0.25, 0.3) is 5.56 Å². The zero-order chi connectivity index (χ0) is 19.6. The molecule has 0 unspecified atom stereocenters. The van der Waals surface area contributed by atoms with Gasteiger partial charge >= 0.3 is 0 Å². The molecule has 27 heavy (non-hydrogen) atoms. The summed E-state index contributed by atoms with van der Waals surface area (Å²) >= 11 is 18.0. The number of hydrogen-bond acceptors (Lipinski definition) is 5. The summed E-state index contributed by atoms with van der Waals surface area (Å²) in [5, 5.41) is 7.91. The van der Waals surface area contributed by atoms with Crippen LogP contribution in [-0.2, 0) is 11.8 Å². The predicted molar refractivity (Wildman–Crippen MR) is 108 cm³/mol. The molecular formula is C17H18Cl3N5O2. The summed E-state index contributed by atoms with van der Waals surface area (Å²) in [5.74, 6) is -0.143. The second-order valence-corrected chi connectivity index (χ2v) is 7.49. The van der Waals surface area contributed by atoms with Gasteiger partial charge in [0.1, 0.15) is 5.02 Å². The van der Waals surface area contributed by atoms with E-state index in [4.69, 9.17) is 34.8 Å². The third-order valence-electron chi connectivity index (χ3n) is 4.29. The number of carbonyl (C=O) groups is 1. The van der Waals surface area contributed by atoms with Crippen molar-refractivity contribution in [3.63, 3.8) is 0 Å². The van der Waals surface area contributed by atoms with Crippen molar-refractivity contribution in [3.8, 4) is 0 Å². The monoisotopic (exact) mass is 429 g/mol. The SMILES string of the molecule is Cn1ncc(N2CCN(CC(=O)Nc3cc(Cl)cc(Cl)c3)CC2)c(Cl)c1=O. The molecular weight excluding hydrogens is 413 g/mol. The van der Waals surface area contributed by atoms with Gasteiger partial charge in [0.05, 0.1) is 18.4 Å². The van der Waals surface area contributed by atoms with E-state index in [0.29, 0.717) is 47.6 Å². The van der Waals surface area contributed by atoms with E-state index in [1.54, 1.807) is 31.4 Å². The van der Waals surface area contributed by atoms with E-state index in [2.05, 4.69) is 10.4 Å². The van der Waals surface area contributed by atoms with Crippen LogP contribution in [0.4, 0.5) is 11.4 Å². The summed E-state index contributed by atoms with van der Waals surface area (Å²) in [6.45, 7) is 2.86. The average Bonchev–Trinajstić information content (AvgIpc) is 2.60. The van der Waals surface area contributed by atoms with E-state index in [0.717, 1.165) is 0 Å². The van der Waals surface area contributed by atoms with Gasteiger partial charge in [0.2, 0.25) is 5.91 Å². The minimum atomic E-state index is -0.323. The van der Waals surface area contributed by atoms with Gasteiger partial charge in [-0.25, -0.2) is 4.68 Å². The molecule has 1 aromatic carbocycles. The summed E-state index contributed by atoms with van der Waals surface area (Å²) in [4.78, 5) is 28.2. The fourth-order valence-corrected chi connectivity index (χ4v) is 3.72. The molecule has 7 nitrogen and oxygen atoms in total. The van der Waals surface area contributed by atoms with Crippen LogP contribution in [-0.4, -0.2) is 53.3 Å². The van der Waals surface area contributed by atoms with Crippen LogP contribution in [0.5, 0.6) is 0 Å². The Labute approximate surface area is 171 Å². The van der Waals surface area contributed by atoms with Crippen LogP contribution in [0.25, 0.3) is 0 Å². The molecule has 1 aromatic heterocycles. The maximum Gasteiger partial charge on any atom is 0.287 e. The first-order valence-corrected chi connectivity index (χ1v) is 9.42. The summed E-state index contributed by atoms with van der Waals surface area (Å²) in [6, 6.07) is 4.90. The number of aryl methyl sites for hydroxylation is 1. The van der Waals surface area contributed by atoms with Crippen LogP contribution >= 0.6 is 34.8 Å². The largest absolute Gasteiger partial charge is 0.366 e. The van der Waals surface area contributed by atoms with Crippen LogP contribution in [0.15, 0.2) is 29.2 Å². The van der Waals surface area contributed by atoms with Gasteiger partial charge in [0.15, 0.2) is 0 Å². The van der Waals surface area contributed by atoms with Crippen molar-refractivity contribution < 1.29 is 4.79 Å². The lowest BCUT2D eigenvalue weighted by molar-refractivity contribution is -0.117. The zero-order valence-corrected chi connectivity index (χ0v) is 16.9. The maximum absolute atomic E-state index is 12.3. The Kier molecular flexibility index (Phi) is 6.26. The Morgan fingerprint density at radius 1 is 1.11 bits per heavy atom. The number of aromatic nitrogens is 2. The molecule has 0 spiro atoms. The van der Waals surface area contributed by atoms with Crippen LogP contribution in [0, 0.1) is 0 Å². The molecule has 1 amide bonds. The van der Waals surface area contributed by atoms with Gasteiger partial charge in [-0.15, -0.1) is 0 Å². The lowest BCUT2D eigenvalue weighted by Crippen LogP contribution is -2.49. The average molecular weight is 431 g/mol. The number of rotatable bonds is 4. The Balaban J connectivity index is 1.56. The van der Waals surface area contributed by atoms with Crippen molar-refractivity contribution in [2.45, 2.75) is 0 Å². The molecule has 2 heterocycles. The summed E-state index contributed by atoms with van der Waals surface area (Å²) in [6.07, 6.45) is 1.59. The van der Waals surface area contributed by atoms with Gasteiger partial charge in [-0.2, -0.15) is 5.10 Å². The lowest BCUT2D eigenvalue weighted by Gasteiger charge is -2.35. The second-order valence-electron chi connectivity index (χ2n) is 6.24. The second kappa shape index (κ2) is 8.48. The van der Waals surface area contributed by atoms with E-state index in [1.807, 2.05) is 9.80 Å². The number of anilines is 2. The minimum Gasteiger partial charge on any atom is -0.366 e. The molecule has 0 aliphatic carbocycles. The molecule has 1 aliphatic rings. The first kappa shape index (κ1) is 19.9. The van der Waals surface area contributed by atoms with Crippen LogP contribution in [0.2, 0.25) is 15.1 Å². The Morgan fingerprint density at radius 3 is 2.37 bits per heavy atom. The molecule has 1 N–H and O–H groups in total. The topological polar surface area (TPSA) is 70.5 Å². The molecule has 3 rings (SSSR count). The molecule has 0 saturated carbocycles. The lowest BCUT2D eigenvalue weighted by atomic mass is 10.2. The van der Waals surface area contributed by atoms with E-state index in [1.165, 1.54) is 4.68 Å². The van der Waals surface area contributed by atoms with Gasteiger partial charge in [-0.05, 0) is 18.2 Å². The number of nitrogens with zero attached hydrogens (tertiary/aromatic N) is 4. The van der Waals surface area contributed by atoms with E-state index in [-0.39, 0.29) is 23.0 Å². The zero-order valence-electron chi connectivity index (χ0n) is 14.6. The molecule has 1 fully saturated rings. The Morgan fingerprint density at radius 2 is 1.74 bits per heavy atom. The molecule has 1 aliphatic heterocycles. The molecule has 0 atom stereocenters. The van der Waals surface area contributed by atoms with Crippen molar-refractivity contribution in [1.82, 2.24) is 14.7 Å². The standard InChI is InChI=1S/C17H18Cl3N5O2/c1-23-17(27)16(20)14(9-21-23)25-4-2-24(3-5-25)10-15(26)22-13-7-11(18)6-12(19)8-13/h6-9H,2-5,10H2,1H3,(H,22,26). The third-order valence-corrected chi connectivity index (χ3v) is 5.08. The van der Waals surface area contributed by atoms with E-state index in [9.17, 15) is 9.59 Å². The Hall–Kier alpha value is -1.80. The maximum atomic E-state index is 12.3. The van der Waals surface area contributed by atoms with Crippen molar-refractivity contribution >= 4 is 52.1 Å².